The van der Waals surface area contributed by atoms with E-state index >= 15 is 0 Å². The summed E-state index contributed by atoms with van der Waals surface area (Å²) >= 11 is 0. The summed E-state index contributed by atoms with van der Waals surface area (Å²) in [6, 6.07) is 11.2. The number of nitrogens with zero attached hydrogens (tertiary/aromatic N) is 1. The number of aromatic nitrogens is 1. The minimum Gasteiger partial charge on any atom is -0.335 e. The average molecular weight is 460 g/mol. The Morgan fingerprint density at radius 1 is 1.06 bits per heavy atom. The molecule has 1 atom stereocenters. The van der Waals surface area contributed by atoms with Crippen molar-refractivity contribution in [2.24, 2.45) is 5.41 Å². The zero-order valence-electron chi connectivity index (χ0n) is 18.3. The lowest BCUT2D eigenvalue weighted by molar-refractivity contribution is -0.121. The third-order valence-corrected chi connectivity index (χ3v) is 6.27. The van der Waals surface area contributed by atoms with Crippen LogP contribution in [0, 0.1) is 11.2 Å². The standard InChI is InChI=1S/C23H26FN3O4S/c1-15(27-13-12-18-19(24)6-5-7-20(18)27)22(29)25-16-8-10-17(11-9-16)32(30,31)26-21(28)14-23(2,3)4/h5-13,15H,14H2,1-4H3,(H,25,29)(H,26,28)/t15-/m1/s1. The molecule has 1 aromatic heterocycles. The van der Waals surface area contributed by atoms with Crippen LogP contribution < -0.4 is 10.0 Å². The number of carbonyl (C=O) groups is 2. The van der Waals surface area contributed by atoms with E-state index < -0.39 is 22.0 Å². The number of rotatable bonds is 6. The first kappa shape index (κ1) is 23.5. The average Bonchev–Trinajstić information content (AvgIpc) is 3.11. The fourth-order valence-electron chi connectivity index (χ4n) is 3.31. The van der Waals surface area contributed by atoms with Gasteiger partial charge in [0.25, 0.3) is 10.0 Å². The predicted molar refractivity (Wildman–Crippen MR) is 121 cm³/mol. The van der Waals surface area contributed by atoms with Crippen LogP contribution in [0.5, 0.6) is 0 Å². The Balaban J connectivity index is 1.70. The Morgan fingerprint density at radius 2 is 1.72 bits per heavy atom. The number of hydrogen-bond acceptors (Lipinski definition) is 4. The summed E-state index contributed by atoms with van der Waals surface area (Å²) < 4.78 is 42.5. The second kappa shape index (κ2) is 8.74. The van der Waals surface area contributed by atoms with Crippen LogP contribution in [0.3, 0.4) is 0 Å². The van der Waals surface area contributed by atoms with Gasteiger partial charge in [0.05, 0.1) is 10.4 Å². The van der Waals surface area contributed by atoms with E-state index in [0.29, 0.717) is 16.6 Å². The van der Waals surface area contributed by atoms with Crippen LogP contribution in [-0.4, -0.2) is 24.8 Å². The summed E-state index contributed by atoms with van der Waals surface area (Å²) in [6.45, 7) is 7.20. The number of anilines is 1. The number of nitrogens with one attached hydrogen (secondary N) is 2. The van der Waals surface area contributed by atoms with Crippen molar-refractivity contribution in [2.45, 2.75) is 45.1 Å². The number of fused-ring (bicyclic) bond motifs is 1. The van der Waals surface area contributed by atoms with Crippen LogP contribution in [0.4, 0.5) is 10.1 Å². The van der Waals surface area contributed by atoms with Crippen molar-refractivity contribution >= 4 is 38.4 Å². The second-order valence-corrected chi connectivity index (χ2v) is 10.5. The molecule has 1 heterocycles. The maximum atomic E-state index is 13.9. The Bertz CT molecular complexity index is 1260. The predicted octanol–water partition coefficient (Wildman–Crippen LogP) is 4.22. The molecule has 3 rings (SSSR count). The zero-order valence-corrected chi connectivity index (χ0v) is 19.2. The van der Waals surface area contributed by atoms with Crippen molar-refractivity contribution in [3.05, 3.63) is 60.5 Å². The molecular formula is C23H26FN3O4S. The summed E-state index contributed by atoms with van der Waals surface area (Å²) in [6.07, 6.45) is 1.71. The third-order valence-electron chi connectivity index (χ3n) is 4.88. The van der Waals surface area contributed by atoms with E-state index in [1.54, 1.807) is 35.9 Å². The molecule has 2 amide bonds. The molecule has 2 N–H and O–H groups in total. The Kier molecular flexibility index (Phi) is 6.41. The highest BCUT2D eigenvalue weighted by Crippen LogP contribution is 2.24. The van der Waals surface area contributed by atoms with Gasteiger partial charge in [-0.25, -0.2) is 17.5 Å². The van der Waals surface area contributed by atoms with Gasteiger partial charge in [0.15, 0.2) is 0 Å². The molecule has 0 radical (unpaired) electrons. The maximum absolute atomic E-state index is 13.9. The van der Waals surface area contributed by atoms with Crippen molar-refractivity contribution in [1.82, 2.24) is 9.29 Å². The summed E-state index contributed by atoms with van der Waals surface area (Å²) in [5, 5.41) is 3.15. The zero-order chi connectivity index (χ0) is 23.7. The third kappa shape index (κ3) is 5.34. The normalized spacial score (nSPS) is 13.0. The molecule has 170 valence electrons. The van der Waals surface area contributed by atoms with E-state index in [1.807, 2.05) is 20.8 Å². The van der Waals surface area contributed by atoms with Crippen LogP contribution in [0.25, 0.3) is 10.9 Å². The number of hydrogen-bond donors (Lipinski definition) is 2. The first-order valence-corrected chi connectivity index (χ1v) is 11.6. The van der Waals surface area contributed by atoms with Gasteiger partial charge in [0.2, 0.25) is 11.8 Å². The van der Waals surface area contributed by atoms with E-state index in [9.17, 15) is 22.4 Å². The Morgan fingerprint density at radius 3 is 2.34 bits per heavy atom. The van der Waals surface area contributed by atoms with Crippen molar-refractivity contribution < 1.29 is 22.4 Å². The summed E-state index contributed by atoms with van der Waals surface area (Å²) in [4.78, 5) is 24.6. The molecule has 9 heteroatoms. The number of amides is 2. The van der Waals surface area contributed by atoms with Crippen molar-refractivity contribution in [3.8, 4) is 0 Å². The molecule has 7 nitrogen and oxygen atoms in total. The second-order valence-electron chi connectivity index (χ2n) is 8.85. The molecule has 32 heavy (non-hydrogen) atoms. The van der Waals surface area contributed by atoms with Gasteiger partial charge in [-0.3, -0.25) is 9.59 Å². The number of sulfonamides is 1. The molecule has 0 fully saturated rings. The smallest absolute Gasteiger partial charge is 0.264 e. The molecule has 0 spiro atoms. The minimum atomic E-state index is -4.01. The molecule has 0 unspecified atom stereocenters. The SMILES string of the molecule is C[C@H](C(=O)Nc1ccc(S(=O)(=O)NC(=O)CC(C)(C)C)cc1)n1ccc2c(F)cccc21. The number of halogens is 1. The van der Waals surface area contributed by atoms with Crippen LogP contribution in [0.1, 0.15) is 40.2 Å². The summed E-state index contributed by atoms with van der Waals surface area (Å²) in [5.41, 5.74) is 0.644. The fraction of sp³-hybridized carbons (Fsp3) is 0.304. The van der Waals surface area contributed by atoms with E-state index in [-0.39, 0.29) is 28.5 Å². The molecule has 0 aliphatic heterocycles. The van der Waals surface area contributed by atoms with Gasteiger partial charge in [0.1, 0.15) is 11.9 Å². The van der Waals surface area contributed by atoms with Crippen molar-refractivity contribution in [1.29, 1.82) is 0 Å². The van der Waals surface area contributed by atoms with Crippen molar-refractivity contribution in [3.63, 3.8) is 0 Å². The van der Waals surface area contributed by atoms with Crippen LogP contribution in [0.15, 0.2) is 59.6 Å². The van der Waals surface area contributed by atoms with Crippen LogP contribution in [-0.2, 0) is 19.6 Å². The summed E-state index contributed by atoms with van der Waals surface area (Å²) in [7, 11) is -4.01. The number of benzene rings is 2. The van der Waals surface area contributed by atoms with Crippen LogP contribution >= 0.6 is 0 Å². The molecule has 0 saturated heterocycles. The van der Waals surface area contributed by atoms with Gasteiger partial charge in [0, 0.05) is 23.7 Å². The van der Waals surface area contributed by atoms with Crippen molar-refractivity contribution in [2.75, 3.05) is 5.32 Å². The highest BCUT2D eigenvalue weighted by Gasteiger charge is 2.22. The Labute approximate surface area is 186 Å². The fourth-order valence-corrected chi connectivity index (χ4v) is 4.29. The molecule has 3 aromatic rings. The lowest BCUT2D eigenvalue weighted by atomic mass is 9.92. The van der Waals surface area contributed by atoms with Gasteiger partial charge >= 0.3 is 0 Å². The first-order valence-electron chi connectivity index (χ1n) is 10.1. The van der Waals surface area contributed by atoms with E-state index in [2.05, 4.69) is 10.0 Å². The highest BCUT2D eigenvalue weighted by atomic mass is 32.2. The van der Waals surface area contributed by atoms with E-state index in [4.69, 9.17) is 0 Å². The van der Waals surface area contributed by atoms with Gasteiger partial charge in [-0.2, -0.15) is 0 Å². The highest BCUT2D eigenvalue weighted by molar-refractivity contribution is 7.90. The molecule has 0 aliphatic rings. The van der Waals surface area contributed by atoms with Gasteiger partial charge in [-0.1, -0.05) is 26.8 Å². The Hall–Kier alpha value is -3.20. The topological polar surface area (TPSA) is 97.3 Å². The molecule has 0 bridgehead atoms. The lowest BCUT2D eigenvalue weighted by Crippen LogP contribution is -2.33. The molecule has 0 aliphatic carbocycles. The number of carbonyl (C=O) groups excluding carboxylic acids is 2. The lowest BCUT2D eigenvalue weighted by Gasteiger charge is -2.17. The van der Waals surface area contributed by atoms with Gasteiger partial charge in [-0.15, -0.1) is 0 Å². The molecule has 2 aromatic carbocycles. The van der Waals surface area contributed by atoms with Crippen LogP contribution in [0.2, 0.25) is 0 Å². The molecule has 0 saturated carbocycles. The molecular weight excluding hydrogens is 433 g/mol. The maximum Gasteiger partial charge on any atom is 0.264 e. The van der Waals surface area contributed by atoms with Gasteiger partial charge in [-0.05, 0) is 54.8 Å². The monoisotopic (exact) mass is 459 g/mol. The minimum absolute atomic E-state index is 0.0657. The van der Waals surface area contributed by atoms with Gasteiger partial charge < -0.3 is 9.88 Å². The van der Waals surface area contributed by atoms with E-state index in [0.717, 1.165) is 0 Å². The first-order chi connectivity index (χ1) is 14.9. The van der Waals surface area contributed by atoms with E-state index in [1.165, 1.54) is 30.3 Å². The summed E-state index contributed by atoms with van der Waals surface area (Å²) in [5.74, 6) is -1.29. The largest absolute Gasteiger partial charge is 0.335 e. The quantitative estimate of drug-likeness (QED) is 0.577.